The summed E-state index contributed by atoms with van der Waals surface area (Å²) in [6.07, 6.45) is 3.78. The predicted molar refractivity (Wildman–Crippen MR) is 98.7 cm³/mol. The lowest BCUT2D eigenvalue weighted by molar-refractivity contribution is -0.143. The van der Waals surface area contributed by atoms with Crippen LogP contribution < -0.4 is 20.1 Å². The molecule has 160 valence electrons. The third-order valence-electron chi connectivity index (χ3n) is 3.42. The van der Waals surface area contributed by atoms with E-state index < -0.39 is 31.1 Å². The molecular weight excluding hydrogens is 406 g/mol. The molecule has 0 aliphatic carbocycles. The van der Waals surface area contributed by atoms with Crippen LogP contribution >= 0.6 is 0 Å². The molecule has 0 atom stereocenters. The summed E-state index contributed by atoms with van der Waals surface area (Å²) < 4.78 is 43.6. The van der Waals surface area contributed by atoms with Crippen LogP contribution in [0.4, 0.5) is 13.6 Å². The molecule has 1 heterocycles. The summed E-state index contributed by atoms with van der Waals surface area (Å²) in [7, 11) is 1.28. The van der Waals surface area contributed by atoms with E-state index in [1.54, 1.807) is 12.1 Å². The van der Waals surface area contributed by atoms with Crippen molar-refractivity contribution in [2.75, 3.05) is 13.7 Å². The van der Waals surface area contributed by atoms with Gasteiger partial charge in [0.2, 0.25) is 0 Å². The normalized spacial score (nSPS) is 10.7. The lowest BCUT2D eigenvalue weighted by Gasteiger charge is -2.10. The number of ether oxygens (including phenoxy) is 3. The number of imide groups is 1. The Balaban J connectivity index is 1.77. The van der Waals surface area contributed by atoms with E-state index in [-0.39, 0.29) is 18.0 Å². The molecule has 0 radical (unpaired) electrons. The number of amides is 3. The van der Waals surface area contributed by atoms with Crippen LogP contribution in [0.15, 0.2) is 47.1 Å². The molecule has 0 saturated carbocycles. The van der Waals surface area contributed by atoms with E-state index in [0.717, 1.165) is 6.08 Å². The van der Waals surface area contributed by atoms with Crippen molar-refractivity contribution >= 4 is 24.0 Å². The second-order valence-electron chi connectivity index (χ2n) is 5.54. The Bertz CT molecular complexity index is 898. The van der Waals surface area contributed by atoms with Gasteiger partial charge >= 0.3 is 18.6 Å². The van der Waals surface area contributed by atoms with Crippen LogP contribution in [0, 0.1) is 0 Å². The fraction of sp³-hybridized carbons (Fsp3) is 0.211. The molecule has 2 aromatic rings. The van der Waals surface area contributed by atoms with Crippen LogP contribution in [0.1, 0.15) is 11.3 Å². The third kappa shape index (κ3) is 7.62. The maximum atomic E-state index is 12.3. The standard InChI is InChI=1S/C19H18F2N2O7/c1-27-15-9-12(4-6-14(15)30-18(20)21)5-7-17(25)29-11-16(24)23-19(26)22-10-13-3-2-8-28-13/h2-9,18H,10-11H2,1H3,(H2,22,23,24,26)/b7-5+. The molecule has 0 bridgehead atoms. The molecule has 9 nitrogen and oxygen atoms in total. The van der Waals surface area contributed by atoms with Crippen molar-refractivity contribution in [2.45, 2.75) is 13.2 Å². The number of rotatable bonds is 9. The Labute approximate surface area is 169 Å². The summed E-state index contributed by atoms with van der Waals surface area (Å²) in [6, 6.07) is 6.56. The van der Waals surface area contributed by atoms with Gasteiger partial charge in [0.05, 0.1) is 19.9 Å². The SMILES string of the molecule is COc1cc(/C=C/C(=O)OCC(=O)NC(=O)NCc2ccco2)ccc1OC(F)F. The topological polar surface area (TPSA) is 116 Å². The monoisotopic (exact) mass is 424 g/mol. The molecule has 1 aromatic heterocycles. The first-order chi connectivity index (χ1) is 14.4. The van der Waals surface area contributed by atoms with Gasteiger partial charge < -0.3 is 23.9 Å². The van der Waals surface area contributed by atoms with Gasteiger partial charge in [-0.1, -0.05) is 6.07 Å². The fourth-order valence-corrected chi connectivity index (χ4v) is 2.12. The highest BCUT2D eigenvalue weighted by atomic mass is 19.3. The average Bonchev–Trinajstić information content (AvgIpc) is 3.23. The number of hydrogen-bond donors (Lipinski definition) is 2. The van der Waals surface area contributed by atoms with Gasteiger partial charge in [-0.15, -0.1) is 0 Å². The molecule has 2 N–H and O–H groups in total. The minimum Gasteiger partial charge on any atom is -0.493 e. The van der Waals surface area contributed by atoms with Gasteiger partial charge in [0, 0.05) is 6.08 Å². The number of furan rings is 1. The van der Waals surface area contributed by atoms with Crippen LogP contribution in [0.25, 0.3) is 6.08 Å². The van der Waals surface area contributed by atoms with E-state index in [1.165, 1.54) is 37.6 Å². The number of hydrogen-bond acceptors (Lipinski definition) is 7. The van der Waals surface area contributed by atoms with Crippen molar-refractivity contribution in [3.8, 4) is 11.5 Å². The van der Waals surface area contributed by atoms with Gasteiger partial charge in [-0.2, -0.15) is 8.78 Å². The van der Waals surface area contributed by atoms with Crippen molar-refractivity contribution in [1.29, 1.82) is 0 Å². The minimum atomic E-state index is -3.01. The van der Waals surface area contributed by atoms with E-state index in [2.05, 4.69) is 10.1 Å². The fourth-order valence-electron chi connectivity index (χ4n) is 2.12. The number of methoxy groups -OCH3 is 1. The summed E-state index contributed by atoms with van der Waals surface area (Å²) in [5, 5.41) is 4.37. The van der Waals surface area contributed by atoms with Gasteiger partial charge in [0.25, 0.3) is 5.91 Å². The van der Waals surface area contributed by atoms with E-state index in [1.807, 2.05) is 5.32 Å². The highest BCUT2D eigenvalue weighted by molar-refractivity contribution is 5.96. The molecule has 0 unspecified atom stereocenters. The smallest absolute Gasteiger partial charge is 0.387 e. The van der Waals surface area contributed by atoms with E-state index >= 15 is 0 Å². The van der Waals surface area contributed by atoms with Gasteiger partial charge in [0.15, 0.2) is 18.1 Å². The first-order valence-electron chi connectivity index (χ1n) is 8.45. The number of benzene rings is 1. The number of urea groups is 1. The van der Waals surface area contributed by atoms with Crippen molar-refractivity contribution in [1.82, 2.24) is 10.6 Å². The number of nitrogens with one attached hydrogen (secondary N) is 2. The maximum Gasteiger partial charge on any atom is 0.387 e. The molecule has 11 heteroatoms. The number of carbonyl (C=O) groups is 3. The summed E-state index contributed by atoms with van der Waals surface area (Å²) in [6.45, 7) is -3.60. The second kappa shape index (κ2) is 11.2. The zero-order valence-corrected chi connectivity index (χ0v) is 15.7. The number of alkyl halides is 2. The van der Waals surface area contributed by atoms with E-state index in [4.69, 9.17) is 13.9 Å². The van der Waals surface area contributed by atoms with Crippen LogP contribution in [0.5, 0.6) is 11.5 Å². The minimum absolute atomic E-state index is 0.0470. The molecular formula is C19H18F2N2O7. The van der Waals surface area contributed by atoms with Gasteiger partial charge in [-0.05, 0) is 35.9 Å². The molecule has 2 rings (SSSR count). The van der Waals surface area contributed by atoms with Crippen molar-refractivity contribution in [3.05, 3.63) is 54.0 Å². The Kier molecular flexibility index (Phi) is 8.36. The van der Waals surface area contributed by atoms with Crippen molar-refractivity contribution in [3.63, 3.8) is 0 Å². The first-order valence-corrected chi connectivity index (χ1v) is 8.45. The Morgan fingerprint density at radius 2 is 2.00 bits per heavy atom. The first kappa shape index (κ1) is 22.4. The number of esters is 1. The van der Waals surface area contributed by atoms with Crippen LogP contribution in [0.2, 0.25) is 0 Å². The summed E-state index contributed by atoms with van der Waals surface area (Å²) in [5.41, 5.74) is 0.437. The highest BCUT2D eigenvalue weighted by Crippen LogP contribution is 2.29. The largest absolute Gasteiger partial charge is 0.493 e. The maximum absolute atomic E-state index is 12.3. The van der Waals surface area contributed by atoms with Crippen LogP contribution in [-0.4, -0.2) is 38.2 Å². The predicted octanol–water partition coefficient (Wildman–Crippen LogP) is 2.47. The van der Waals surface area contributed by atoms with Crippen LogP contribution in [-0.2, 0) is 20.9 Å². The Hall–Kier alpha value is -3.89. The van der Waals surface area contributed by atoms with Gasteiger partial charge in [0.1, 0.15) is 5.76 Å². The molecule has 1 aromatic carbocycles. The summed E-state index contributed by atoms with van der Waals surface area (Å²) in [4.78, 5) is 34.9. The molecule has 0 fully saturated rings. The average molecular weight is 424 g/mol. The number of carbonyl (C=O) groups excluding carboxylic acids is 3. The molecule has 0 saturated heterocycles. The van der Waals surface area contributed by atoms with Crippen molar-refractivity contribution < 1.29 is 41.8 Å². The van der Waals surface area contributed by atoms with E-state index in [0.29, 0.717) is 11.3 Å². The van der Waals surface area contributed by atoms with Crippen molar-refractivity contribution in [2.24, 2.45) is 0 Å². The second-order valence-corrected chi connectivity index (χ2v) is 5.54. The van der Waals surface area contributed by atoms with Gasteiger partial charge in [-0.25, -0.2) is 9.59 Å². The lowest BCUT2D eigenvalue weighted by atomic mass is 10.2. The molecule has 0 spiro atoms. The molecule has 0 aliphatic rings. The van der Waals surface area contributed by atoms with Gasteiger partial charge in [-0.3, -0.25) is 10.1 Å². The molecule has 3 amide bonds. The third-order valence-corrected chi connectivity index (χ3v) is 3.42. The Morgan fingerprint density at radius 1 is 1.20 bits per heavy atom. The van der Waals surface area contributed by atoms with Crippen LogP contribution in [0.3, 0.4) is 0 Å². The quantitative estimate of drug-likeness (QED) is 0.469. The zero-order chi connectivity index (χ0) is 21.9. The summed E-state index contributed by atoms with van der Waals surface area (Å²) >= 11 is 0. The summed E-state index contributed by atoms with van der Waals surface area (Å²) in [5.74, 6) is -1.29. The zero-order valence-electron chi connectivity index (χ0n) is 15.7. The number of halogens is 2. The molecule has 0 aliphatic heterocycles. The van der Waals surface area contributed by atoms with E-state index in [9.17, 15) is 23.2 Å². The molecule has 30 heavy (non-hydrogen) atoms. The Morgan fingerprint density at radius 3 is 2.67 bits per heavy atom. The lowest BCUT2D eigenvalue weighted by Crippen LogP contribution is -2.41. The highest BCUT2D eigenvalue weighted by Gasteiger charge is 2.12.